The maximum absolute atomic E-state index is 4.61. The highest BCUT2D eigenvalue weighted by Crippen LogP contribution is 2.03. The van der Waals surface area contributed by atoms with Crippen molar-refractivity contribution in [1.82, 2.24) is 15.1 Å². The number of halogens is 1. The number of rotatable bonds is 6. The number of hydrogen-bond donors (Lipinski definition) is 1. The molecule has 0 saturated heterocycles. The molecule has 0 amide bonds. The van der Waals surface area contributed by atoms with Gasteiger partial charge in [0.05, 0.1) is 6.54 Å². The summed E-state index contributed by atoms with van der Waals surface area (Å²) in [5.74, 6) is 0.972. The van der Waals surface area contributed by atoms with Crippen LogP contribution in [0.5, 0.6) is 0 Å². The topological polar surface area (TPSA) is 30.9 Å². The molecule has 0 fully saturated rings. The molecule has 4 nitrogen and oxygen atoms in total. The van der Waals surface area contributed by atoms with E-state index in [1.165, 1.54) is 0 Å². The first kappa shape index (κ1) is 20.3. The highest BCUT2D eigenvalue weighted by molar-refractivity contribution is 14.0. The molecule has 0 heterocycles. The summed E-state index contributed by atoms with van der Waals surface area (Å²) in [6, 6.07) is 1.15. The van der Waals surface area contributed by atoms with Gasteiger partial charge in [0.25, 0.3) is 0 Å². The minimum atomic E-state index is 0. The zero-order valence-electron chi connectivity index (χ0n) is 13.0. The molecule has 110 valence electrons. The molecule has 5 heteroatoms. The summed E-state index contributed by atoms with van der Waals surface area (Å²) in [7, 11) is 4.04. The Bertz CT molecular complexity index is 219. The van der Waals surface area contributed by atoms with Crippen LogP contribution in [0.2, 0.25) is 0 Å². The van der Waals surface area contributed by atoms with Crippen LogP contribution in [0.25, 0.3) is 0 Å². The number of nitrogens with zero attached hydrogens (tertiary/aromatic N) is 3. The van der Waals surface area contributed by atoms with E-state index in [-0.39, 0.29) is 24.0 Å². The van der Waals surface area contributed by atoms with E-state index in [0.717, 1.165) is 25.6 Å². The fraction of sp³-hybridized carbons (Fsp3) is 0.923. The maximum Gasteiger partial charge on any atom is 0.193 e. The van der Waals surface area contributed by atoms with Crippen molar-refractivity contribution in [2.45, 2.75) is 46.7 Å². The minimum Gasteiger partial charge on any atom is -0.357 e. The van der Waals surface area contributed by atoms with E-state index in [0.29, 0.717) is 12.1 Å². The molecule has 0 spiro atoms. The smallest absolute Gasteiger partial charge is 0.193 e. The van der Waals surface area contributed by atoms with E-state index in [9.17, 15) is 0 Å². The summed E-state index contributed by atoms with van der Waals surface area (Å²) in [5.41, 5.74) is 0. The van der Waals surface area contributed by atoms with Gasteiger partial charge in [0.15, 0.2) is 5.96 Å². The molecular weight excluding hydrogens is 339 g/mol. The van der Waals surface area contributed by atoms with Crippen molar-refractivity contribution in [1.29, 1.82) is 0 Å². The third-order valence-electron chi connectivity index (χ3n) is 2.70. The van der Waals surface area contributed by atoms with Crippen LogP contribution in [0, 0.1) is 0 Å². The average molecular weight is 370 g/mol. The van der Waals surface area contributed by atoms with Gasteiger partial charge in [0.2, 0.25) is 0 Å². The van der Waals surface area contributed by atoms with Crippen LogP contribution in [0.15, 0.2) is 4.99 Å². The van der Waals surface area contributed by atoms with Crippen molar-refractivity contribution in [2.24, 2.45) is 4.99 Å². The zero-order chi connectivity index (χ0) is 13.4. The number of guanidine groups is 1. The van der Waals surface area contributed by atoms with Gasteiger partial charge in [-0.15, -0.1) is 24.0 Å². The van der Waals surface area contributed by atoms with Gasteiger partial charge in [0.1, 0.15) is 0 Å². The van der Waals surface area contributed by atoms with Gasteiger partial charge in [0, 0.05) is 39.3 Å². The van der Waals surface area contributed by atoms with Crippen LogP contribution in [0.4, 0.5) is 0 Å². The van der Waals surface area contributed by atoms with Crippen LogP contribution in [0.1, 0.15) is 34.6 Å². The second kappa shape index (κ2) is 10.8. The molecule has 0 bridgehead atoms. The molecule has 0 rings (SSSR count). The quantitative estimate of drug-likeness (QED) is 0.442. The molecular formula is C13H31IN4. The molecule has 0 atom stereocenters. The van der Waals surface area contributed by atoms with E-state index >= 15 is 0 Å². The Morgan fingerprint density at radius 1 is 1.11 bits per heavy atom. The SMILES string of the molecule is CCNC(=NCCN(C(C)C)C(C)C)N(C)C.I. The zero-order valence-corrected chi connectivity index (χ0v) is 15.4. The van der Waals surface area contributed by atoms with Crippen LogP contribution in [-0.2, 0) is 0 Å². The fourth-order valence-electron chi connectivity index (χ4n) is 1.90. The van der Waals surface area contributed by atoms with Crippen LogP contribution in [0.3, 0.4) is 0 Å². The normalized spacial score (nSPS) is 12.0. The summed E-state index contributed by atoms with van der Waals surface area (Å²) < 4.78 is 0. The number of hydrogen-bond acceptors (Lipinski definition) is 2. The van der Waals surface area contributed by atoms with E-state index in [1.807, 2.05) is 19.0 Å². The maximum atomic E-state index is 4.61. The van der Waals surface area contributed by atoms with E-state index in [2.05, 4.69) is 49.8 Å². The third kappa shape index (κ3) is 8.13. The van der Waals surface area contributed by atoms with Crippen LogP contribution in [-0.4, -0.2) is 61.6 Å². The first-order valence-electron chi connectivity index (χ1n) is 6.61. The second-order valence-electron chi connectivity index (χ2n) is 5.06. The van der Waals surface area contributed by atoms with E-state index in [1.54, 1.807) is 0 Å². The summed E-state index contributed by atoms with van der Waals surface area (Å²) in [6.45, 7) is 13.8. The Morgan fingerprint density at radius 3 is 1.94 bits per heavy atom. The molecule has 18 heavy (non-hydrogen) atoms. The molecule has 0 aliphatic heterocycles. The Morgan fingerprint density at radius 2 is 1.61 bits per heavy atom. The lowest BCUT2D eigenvalue weighted by atomic mass is 10.2. The molecule has 0 radical (unpaired) electrons. The van der Waals surface area contributed by atoms with Crippen molar-refractivity contribution in [2.75, 3.05) is 33.7 Å². The Kier molecular flexibility index (Phi) is 12.2. The van der Waals surface area contributed by atoms with Crippen molar-refractivity contribution >= 4 is 29.9 Å². The monoisotopic (exact) mass is 370 g/mol. The number of aliphatic imine (C=N–C) groups is 1. The van der Waals surface area contributed by atoms with Gasteiger partial charge in [-0.1, -0.05) is 0 Å². The van der Waals surface area contributed by atoms with Gasteiger partial charge < -0.3 is 10.2 Å². The molecule has 0 saturated carbocycles. The molecule has 0 aliphatic rings. The molecule has 0 aromatic rings. The Hall–Kier alpha value is -0.0400. The summed E-state index contributed by atoms with van der Waals surface area (Å²) in [5, 5.41) is 3.27. The summed E-state index contributed by atoms with van der Waals surface area (Å²) >= 11 is 0. The Labute approximate surface area is 130 Å². The molecule has 1 N–H and O–H groups in total. The lowest BCUT2D eigenvalue weighted by molar-refractivity contribution is 0.180. The second-order valence-corrected chi connectivity index (χ2v) is 5.06. The van der Waals surface area contributed by atoms with Gasteiger partial charge in [-0.2, -0.15) is 0 Å². The van der Waals surface area contributed by atoms with Gasteiger partial charge in [-0.05, 0) is 34.6 Å². The fourth-order valence-corrected chi connectivity index (χ4v) is 1.90. The van der Waals surface area contributed by atoms with Gasteiger partial charge in [-0.25, -0.2) is 0 Å². The first-order valence-corrected chi connectivity index (χ1v) is 6.61. The van der Waals surface area contributed by atoms with E-state index < -0.39 is 0 Å². The lowest BCUT2D eigenvalue weighted by Gasteiger charge is -2.30. The first-order chi connectivity index (χ1) is 7.90. The number of nitrogens with one attached hydrogen (secondary N) is 1. The van der Waals surface area contributed by atoms with Gasteiger partial charge in [-0.3, -0.25) is 9.89 Å². The van der Waals surface area contributed by atoms with Crippen molar-refractivity contribution < 1.29 is 0 Å². The van der Waals surface area contributed by atoms with Crippen molar-refractivity contribution in [3.05, 3.63) is 0 Å². The summed E-state index contributed by atoms with van der Waals surface area (Å²) in [6.07, 6.45) is 0. The van der Waals surface area contributed by atoms with Crippen molar-refractivity contribution in [3.8, 4) is 0 Å². The van der Waals surface area contributed by atoms with Crippen LogP contribution >= 0.6 is 24.0 Å². The summed E-state index contributed by atoms with van der Waals surface area (Å²) in [4.78, 5) is 9.09. The largest absolute Gasteiger partial charge is 0.357 e. The molecule has 0 unspecified atom stereocenters. The van der Waals surface area contributed by atoms with Crippen molar-refractivity contribution in [3.63, 3.8) is 0 Å². The molecule has 0 aliphatic carbocycles. The van der Waals surface area contributed by atoms with Crippen LogP contribution < -0.4 is 5.32 Å². The van der Waals surface area contributed by atoms with Gasteiger partial charge >= 0.3 is 0 Å². The average Bonchev–Trinajstić information content (AvgIpc) is 2.20. The standard InChI is InChI=1S/C13H30N4.HI/c1-8-14-13(16(6)7)15-9-10-17(11(2)3)12(4)5;/h11-12H,8-10H2,1-7H3,(H,14,15);1H. The minimum absolute atomic E-state index is 0. The predicted octanol–water partition coefficient (Wildman–Crippen LogP) is 2.25. The Balaban J connectivity index is 0. The predicted molar refractivity (Wildman–Crippen MR) is 92.1 cm³/mol. The van der Waals surface area contributed by atoms with E-state index in [4.69, 9.17) is 0 Å². The lowest BCUT2D eigenvalue weighted by Crippen LogP contribution is -2.40. The molecule has 0 aromatic carbocycles. The molecule has 0 aromatic heterocycles. The highest BCUT2D eigenvalue weighted by Gasteiger charge is 2.12. The highest BCUT2D eigenvalue weighted by atomic mass is 127. The third-order valence-corrected chi connectivity index (χ3v) is 2.70.